The van der Waals surface area contributed by atoms with E-state index >= 15 is 0 Å². The van der Waals surface area contributed by atoms with Gasteiger partial charge in [0.1, 0.15) is 0 Å². The summed E-state index contributed by atoms with van der Waals surface area (Å²) < 4.78 is 68.7. The van der Waals surface area contributed by atoms with Crippen LogP contribution in [0.3, 0.4) is 0 Å². The van der Waals surface area contributed by atoms with Crippen LogP contribution in [0.1, 0.15) is 5.56 Å². The van der Waals surface area contributed by atoms with Crippen LogP contribution in [0.25, 0.3) is 0 Å². The van der Waals surface area contributed by atoms with E-state index in [1.165, 1.54) is 12.1 Å². The summed E-state index contributed by atoms with van der Waals surface area (Å²) in [4.78, 5) is -0.963. The lowest BCUT2D eigenvalue weighted by Crippen LogP contribution is -2.12. The number of rotatable bonds is 4. The van der Waals surface area contributed by atoms with E-state index in [9.17, 15) is 25.3 Å². The van der Waals surface area contributed by atoms with Gasteiger partial charge in [0.25, 0.3) is 0 Å². The third-order valence-electron chi connectivity index (χ3n) is 2.16. The zero-order valence-electron chi connectivity index (χ0n) is 9.99. The van der Waals surface area contributed by atoms with Crippen LogP contribution < -0.4 is 0 Å². The summed E-state index contributed by atoms with van der Waals surface area (Å²) in [6.07, 6.45) is 1.65. The fourth-order valence-corrected chi connectivity index (χ4v) is 5.38. The maximum Gasteiger partial charge on any atom is 0.236 e. The van der Waals surface area contributed by atoms with Crippen molar-refractivity contribution in [1.82, 2.24) is 0 Å². The molecule has 0 heterocycles. The molecule has 0 bridgehead atoms. The van der Waals surface area contributed by atoms with E-state index < -0.39 is 44.3 Å². The lowest BCUT2D eigenvalue weighted by atomic mass is 10.2. The van der Waals surface area contributed by atoms with Crippen LogP contribution in [0.4, 0.5) is 0 Å². The molecule has 6 nitrogen and oxygen atoms in total. The fourth-order valence-electron chi connectivity index (χ4n) is 1.57. The first-order chi connectivity index (χ1) is 8.32. The predicted molar refractivity (Wildman–Crippen MR) is 71.1 cm³/mol. The normalized spacial score (nSPS) is 13.4. The van der Waals surface area contributed by atoms with E-state index in [1.54, 1.807) is 0 Å². The molecular weight excluding hydrogens is 336 g/mol. The number of hydrogen-bond donors (Lipinski definition) is 0. The minimum Gasteiger partial charge on any atom is -0.224 e. The molecule has 0 aliphatic rings. The molecule has 0 unspecified atom stereocenters. The fraction of sp³-hybridized carbons (Fsp3) is 0.333. The second kappa shape index (κ2) is 5.04. The quantitative estimate of drug-likeness (QED) is 0.738. The van der Waals surface area contributed by atoms with Crippen molar-refractivity contribution < 1.29 is 25.3 Å². The Labute approximate surface area is 116 Å². The first-order valence-electron chi connectivity index (χ1n) is 4.77. The Kier molecular flexibility index (Phi) is 4.35. The van der Waals surface area contributed by atoms with Crippen molar-refractivity contribution in [3.63, 3.8) is 0 Å². The van der Waals surface area contributed by atoms with E-state index in [1.807, 2.05) is 0 Å². The molecule has 0 saturated heterocycles. The van der Waals surface area contributed by atoms with Crippen LogP contribution in [0.2, 0.25) is 0 Å². The van der Waals surface area contributed by atoms with Crippen LogP contribution >= 0.6 is 10.7 Å². The average molecular weight is 347 g/mol. The number of sulfone groups is 2. The van der Waals surface area contributed by atoms with Crippen molar-refractivity contribution in [1.29, 1.82) is 0 Å². The molecule has 0 saturated carbocycles. The largest absolute Gasteiger partial charge is 0.236 e. The van der Waals surface area contributed by atoms with Crippen LogP contribution in [-0.4, -0.2) is 37.8 Å². The second-order valence-electron chi connectivity index (χ2n) is 3.97. The van der Waals surface area contributed by atoms with Gasteiger partial charge in [0.2, 0.25) is 9.05 Å². The average Bonchev–Trinajstić information content (AvgIpc) is 2.11. The van der Waals surface area contributed by atoms with E-state index in [2.05, 4.69) is 0 Å². The molecule has 108 valence electrons. The van der Waals surface area contributed by atoms with Gasteiger partial charge in [-0.2, -0.15) is 0 Å². The van der Waals surface area contributed by atoms with Crippen molar-refractivity contribution in [3.05, 3.63) is 23.8 Å². The minimum atomic E-state index is -4.01. The Morgan fingerprint density at radius 2 is 1.47 bits per heavy atom. The van der Waals surface area contributed by atoms with Crippen LogP contribution in [-0.2, 0) is 34.5 Å². The highest BCUT2D eigenvalue weighted by Crippen LogP contribution is 2.27. The van der Waals surface area contributed by atoms with E-state index in [0.29, 0.717) is 0 Å². The summed E-state index contributed by atoms with van der Waals surface area (Å²) in [5.74, 6) is -0.764. The summed E-state index contributed by atoms with van der Waals surface area (Å²) in [5.41, 5.74) is -0.166. The molecule has 19 heavy (non-hydrogen) atoms. The van der Waals surface area contributed by atoms with Crippen molar-refractivity contribution in [2.24, 2.45) is 0 Å². The molecule has 0 radical (unpaired) electrons. The molecule has 0 fully saturated rings. The molecule has 0 amide bonds. The summed E-state index contributed by atoms with van der Waals surface area (Å²) >= 11 is 0. The van der Waals surface area contributed by atoms with Crippen molar-refractivity contribution >= 4 is 39.4 Å². The lowest BCUT2D eigenvalue weighted by molar-refractivity contribution is 0.587. The highest BCUT2D eigenvalue weighted by Gasteiger charge is 2.25. The maximum absolute atomic E-state index is 11.7. The van der Waals surface area contributed by atoms with Crippen LogP contribution in [0.5, 0.6) is 0 Å². The molecule has 1 aromatic carbocycles. The van der Waals surface area contributed by atoms with Crippen molar-refractivity contribution in [3.8, 4) is 0 Å². The highest BCUT2D eigenvalue weighted by atomic mass is 35.7. The molecule has 0 N–H and O–H groups in total. The maximum atomic E-state index is 11.7. The van der Waals surface area contributed by atoms with Gasteiger partial charge in [-0.05, 0) is 11.6 Å². The number of benzene rings is 1. The first kappa shape index (κ1) is 16.4. The van der Waals surface area contributed by atoms with Gasteiger partial charge in [0.15, 0.2) is 19.7 Å². The van der Waals surface area contributed by atoms with Gasteiger partial charge in [-0.1, -0.05) is 12.1 Å². The summed E-state index contributed by atoms with van der Waals surface area (Å²) in [6, 6.07) is 3.59. The van der Waals surface area contributed by atoms with Crippen molar-refractivity contribution in [2.75, 3.05) is 12.5 Å². The first-order valence-corrected chi connectivity index (χ1v) is 11.0. The monoisotopic (exact) mass is 346 g/mol. The second-order valence-corrected chi connectivity index (χ2v) is 10.7. The minimum absolute atomic E-state index is 0.166. The Morgan fingerprint density at radius 1 is 0.947 bits per heavy atom. The van der Waals surface area contributed by atoms with Crippen LogP contribution in [0, 0.1) is 0 Å². The zero-order valence-corrected chi connectivity index (χ0v) is 13.2. The number of halogens is 1. The van der Waals surface area contributed by atoms with Crippen molar-refractivity contribution in [2.45, 2.75) is 15.5 Å². The Morgan fingerprint density at radius 3 is 1.84 bits per heavy atom. The molecule has 1 rings (SSSR count). The highest BCUT2D eigenvalue weighted by molar-refractivity contribution is 8.13. The van der Waals surface area contributed by atoms with Gasteiger partial charge >= 0.3 is 0 Å². The standard InChI is InChI=1S/C9H11ClO6S3/c1-17(11,12)8-5-3-4-7(6-19(10,15)16)9(8)18(2,13)14/h3-5H,6H2,1-2H3. The van der Waals surface area contributed by atoms with Gasteiger partial charge in [-0.3, -0.25) is 0 Å². The van der Waals surface area contributed by atoms with Gasteiger partial charge in [0.05, 0.1) is 15.5 Å². The van der Waals surface area contributed by atoms with Gasteiger partial charge in [-0.25, -0.2) is 25.3 Å². The predicted octanol–water partition coefficient (Wildman–Crippen LogP) is 0.562. The molecule has 0 aromatic heterocycles. The smallest absolute Gasteiger partial charge is 0.224 e. The van der Waals surface area contributed by atoms with Gasteiger partial charge in [-0.15, -0.1) is 0 Å². The topological polar surface area (TPSA) is 102 Å². The Bertz CT molecular complexity index is 806. The number of hydrogen-bond acceptors (Lipinski definition) is 6. The van der Waals surface area contributed by atoms with Gasteiger partial charge in [0, 0.05) is 23.2 Å². The third kappa shape index (κ3) is 4.44. The van der Waals surface area contributed by atoms with Crippen LogP contribution in [0.15, 0.2) is 28.0 Å². The van der Waals surface area contributed by atoms with E-state index in [-0.39, 0.29) is 5.56 Å². The Hall–Kier alpha value is -0.640. The molecule has 10 heteroatoms. The lowest BCUT2D eigenvalue weighted by Gasteiger charge is -2.11. The molecule has 0 atom stereocenters. The summed E-state index contributed by atoms with van der Waals surface area (Å²) in [7, 11) is -6.66. The SMILES string of the molecule is CS(=O)(=O)c1cccc(CS(=O)(=O)Cl)c1S(C)(=O)=O. The summed E-state index contributed by atoms with van der Waals surface area (Å²) in [6.45, 7) is 0. The van der Waals surface area contributed by atoms with E-state index in [4.69, 9.17) is 10.7 Å². The third-order valence-corrected chi connectivity index (χ3v) is 5.63. The molecule has 1 aromatic rings. The Balaban J connectivity index is 3.78. The molecule has 0 aliphatic heterocycles. The van der Waals surface area contributed by atoms with E-state index in [0.717, 1.165) is 18.6 Å². The molecular formula is C9H11ClO6S3. The zero-order chi connectivity index (χ0) is 15.1. The summed E-state index contributed by atoms with van der Waals surface area (Å²) in [5, 5.41) is 0. The molecule has 0 spiro atoms. The molecule has 0 aliphatic carbocycles. The van der Waals surface area contributed by atoms with Gasteiger partial charge < -0.3 is 0 Å².